The number of thiophene rings is 1. The first-order valence-electron chi connectivity index (χ1n) is 8.03. The molecule has 8 heteroatoms. The van der Waals surface area contributed by atoms with E-state index in [1.54, 1.807) is 12.4 Å². The molecule has 0 radical (unpaired) electrons. The molecule has 1 aliphatic rings. The Labute approximate surface area is 148 Å². The molecule has 1 amide bonds. The van der Waals surface area contributed by atoms with E-state index in [0.717, 1.165) is 21.8 Å². The van der Waals surface area contributed by atoms with Crippen molar-refractivity contribution in [3.63, 3.8) is 0 Å². The number of pyridine rings is 1. The SMILES string of the molecule is O=C(NC[C@@H]1COCc2c(-c3cccnc3)nnn2C1)c1cccs1. The van der Waals surface area contributed by atoms with Gasteiger partial charge in [0.25, 0.3) is 5.91 Å². The largest absolute Gasteiger partial charge is 0.375 e. The summed E-state index contributed by atoms with van der Waals surface area (Å²) in [6.07, 6.45) is 3.50. The average molecular weight is 355 g/mol. The lowest BCUT2D eigenvalue weighted by Crippen LogP contribution is -2.32. The molecule has 3 aromatic heterocycles. The van der Waals surface area contributed by atoms with Gasteiger partial charge < -0.3 is 10.1 Å². The lowest BCUT2D eigenvalue weighted by Gasteiger charge is -2.14. The smallest absolute Gasteiger partial charge is 0.261 e. The van der Waals surface area contributed by atoms with Gasteiger partial charge in [0.1, 0.15) is 5.69 Å². The van der Waals surface area contributed by atoms with Crippen molar-refractivity contribution < 1.29 is 9.53 Å². The fraction of sp³-hybridized carbons (Fsp3) is 0.294. The quantitative estimate of drug-likeness (QED) is 0.774. The second-order valence-electron chi connectivity index (χ2n) is 5.88. The predicted octanol–water partition coefficient (Wildman–Crippen LogP) is 1.98. The summed E-state index contributed by atoms with van der Waals surface area (Å²) in [5.41, 5.74) is 2.67. The number of carbonyl (C=O) groups is 1. The number of hydrogen-bond acceptors (Lipinski definition) is 6. The van der Waals surface area contributed by atoms with Crippen molar-refractivity contribution in [2.24, 2.45) is 5.92 Å². The Morgan fingerprint density at radius 3 is 3.16 bits per heavy atom. The molecule has 0 unspecified atom stereocenters. The molecule has 1 atom stereocenters. The van der Waals surface area contributed by atoms with Crippen LogP contribution in [0.5, 0.6) is 0 Å². The number of amides is 1. The third kappa shape index (κ3) is 3.45. The van der Waals surface area contributed by atoms with Crippen molar-refractivity contribution in [3.8, 4) is 11.3 Å². The maximum atomic E-state index is 12.1. The molecule has 1 N–H and O–H groups in total. The van der Waals surface area contributed by atoms with Gasteiger partial charge in [0.2, 0.25) is 0 Å². The minimum atomic E-state index is -0.0471. The fourth-order valence-electron chi connectivity index (χ4n) is 2.82. The Morgan fingerprint density at radius 1 is 1.40 bits per heavy atom. The van der Waals surface area contributed by atoms with Crippen LogP contribution in [0.25, 0.3) is 11.3 Å². The van der Waals surface area contributed by atoms with Gasteiger partial charge in [0.05, 0.1) is 23.8 Å². The first kappa shape index (κ1) is 15.9. The first-order chi connectivity index (χ1) is 12.3. The van der Waals surface area contributed by atoms with E-state index in [4.69, 9.17) is 4.74 Å². The number of nitrogens with zero attached hydrogens (tertiary/aromatic N) is 4. The molecule has 0 saturated heterocycles. The third-order valence-corrected chi connectivity index (χ3v) is 4.96. The van der Waals surface area contributed by atoms with Crippen LogP contribution in [0.15, 0.2) is 42.0 Å². The molecule has 0 aliphatic carbocycles. The molecule has 1 aliphatic heterocycles. The molecule has 0 bridgehead atoms. The molecule has 0 spiro atoms. The van der Waals surface area contributed by atoms with Crippen LogP contribution in [0.1, 0.15) is 15.4 Å². The highest BCUT2D eigenvalue weighted by molar-refractivity contribution is 7.12. The zero-order valence-corrected chi connectivity index (χ0v) is 14.3. The van der Waals surface area contributed by atoms with Crippen LogP contribution < -0.4 is 5.32 Å². The lowest BCUT2D eigenvalue weighted by atomic mass is 10.1. The van der Waals surface area contributed by atoms with Crippen LogP contribution >= 0.6 is 11.3 Å². The molecule has 0 fully saturated rings. The van der Waals surface area contributed by atoms with Gasteiger partial charge >= 0.3 is 0 Å². The molecule has 25 heavy (non-hydrogen) atoms. The van der Waals surface area contributed by atoms with Crippen LogP contribution in [0.4, 0.5) is 0 Å². The number of ether oxygens (including phenoxy) is 1. The standard InChI is InChI=1S/C17H17N5O2S/c23-17(15-4-2-6-25-15)19-7-12-9-22-14(11-24-10-12)16(20-21-22)13-3-1-5-18-8-13/h1-6,8,12H,7,9-11H2,(H,19,23)/t12-/m0/s1. The van der Waals surface area contributed by atoms with Gasteiger partial charge in [-0.15, -0.1) is 16.4 Å². The normalized spacial score (nSPS) is 16.9. The van der Waals surface area contributed by atoms with Crippen molar-refractivity contribution in [3.05, 3.63) is 52.6 Å². The third-order valence-electron chi connectivity index (χ3n) is 4.09. The number of fused-ring (bicyclic) bond motifs is 1. The van der Waals surface area contributed by atoms with E-state index in [1.807, 2.05) is 34.3 Å². The summed E-state index contributed by atoms with van der Waals surface area (Å²) >= 11 is 1.43. The number of rotatable bonds is 4. The van der Waals surface area contributed by atoms with Gasteiger partial charge in [-0.3, -0.25) is 9.78 Å². The highest BCUT2D eigenvalue weighted by Crippen LogP contribution is 2.23. The molecule has 0 aromatic carbocycles. The Balaban J connectivity index is 1.45. The van der Waals surface area contributed by atoms with E-state index < -0.39 is 0 Å². The van der Waals surface area contributed by atoms with Crippen LogP contribution in [0.3, 0.4) is 0 Å². The van der Waals surface area contributed by atoms with E-state index in [0.29, 0.717) is 26.3 Å². The summed E-state index contributed by atoms with van der Waals surface area (Å²) < 4.78 is 7.68. The summed E-state index contributed by atoms with van der Waals surface area (Å²) in [6.45, 7) is 2.22. The lowest BCUT2D eigenvalue weighted by molar-refractivity contribution is 0.0855. The van der Waals surface area contributed by atoms with E-state index >= 15 is 0 Å². The zero-order chi connectivity index (χ0) is 17.1. The van der Waals surface area contributed by atoms with E-state index in [2.05, 4.69) is 20.6 Å². The monoisotopic (exact) mass is 355 g/mol. The number of hydrogen-bond donors (Lipinski definition) is 1. The van der Waals surface area contributed by atoms with E-state index in [9.17, 15) is 4.79 Å². The Kier molecular flexibility index (Phi) is 4.53. The summed E-state index contributed by atoms with van der Waals surface area (Å²) in [6, 6.07) is 7.53. The van der Waals surface area contributed by atoms with Crippen molar-refractivity contribution in [1.82, 2.24) is 25.3 Å². The highest BCUT2D eigenvalue weighted by atomic mass is 32.1. The predicted molar refractivity (Wildman–Crippen MR) is 93.1 cm³/mol. The van der Waals surface area contributed by atoms with Crippen molar-refractivity contribution >= 4 is 17.2 Å². The minimum Gasteiger partial charge on any atom is -0.375 e. The van der Waals surface area contributed by atoms with Crippen LogP contribution in [0.2, 0.25) is 0 Å². The van der Waals surface area contributed by atoms with E-state index in [-0.39, 0.29) is 11.8 Å². The van der Waals surface area contributed by atoms with Gasteiger partial charge in [0.15, 0.2) is 0 Å². The maximum absolute atomic E-state index is 12.1. The molecule has 0 saturated carbocycles. The molecular weight excluding hydrogens is 338 g/mol. The Bertz CT molecular complexity index is 847. The Morgan fingerprint density at radius 2 is 2.36 bits per heavy atom. The van der Waals surface area contributed by atoms with Gasteiger partial charge in [-0.2, -0.15) is 0 Å². The van der Waals surface area contributed by atoms with Gasteiger partial charge in [-0.25, -0.2) is 4.68 Å². The summed E-state index contributed by atoms with van der Waals surface area (Å²) in [5, 5.41) is 13.4. The molecule has 128 valence electrons. The highest BCUT2D eigenvalue weighted by Gasteiger charge is 2.23. The number of carbonyl (C=O) groups excluding carboxylic acids is 1. The van der Waals surface area contributed by atoms with Gasteiger partial charge in [-0.1, -0.05) is 11.3 Å². The van der Waals surface area contributed by atoms with E-state index in [1.165, 1.54) is 11.3 Å². The first-order valence-corrected chi connectivity index (χ1v) is 8.91. The summed E-state index contributed by atoms with van der Waals surface area (Å²) in [5.74, 6) is 0.0997. The summed E-state index contributed by atoms with van der Waals surface area (Å²) in [4.78, 5) is 16.9. The van der Waals surface area contributed by atoms with Gasteiger partial charge in [0, 0.05) is 37.0 Å². The van der Waals surface area contributed by atoms with Crippen molar-refractivity contribution in [2.45, 2.75) is 13.2 Å². The van der Waals surface area contributed by atoms with Crippen LogP contribution in [-0.4, -0.2) is 39.0 Å². The van der Waals surface area contributed by atoms with Crippen LogP contribution in [-0.2, 0) is 17.9 Å². The Hall–Kier alpha value is -2.58. The molecule has 3 aromatic rings. The number of aromatic nitrogens is 4. The van der Waals surface area contributed by atoms with Gasteiger partial charge in [-0.05, 0) is 23.6 Å². The number of nitrogens with one attached hydrogen (secondary N) is 1. The molecule has 7 nitrogen and oxygen atoms in total. The topological polar surface area (TPSA) is 81.9 Å². The molecule has 4 heterocycles. The van der Waals surface area contributed by atoms with Crippen LogP contribution in [0, 0.1) is 5.92 Å². The molecular formula is C17H17N5O2S. The second kappa shape index (κ2) is 7.12. The fourth-order valence-corrected chi connectivity index (χ4v) is 3.46. The van der Waals surface area contributed by atoms with Crippen molar-refractivity contribution in [2.75, 3.05) is 13.2 Å². The minimum absolute atomic E-state index is 0.0471. The second-order valence-corrected chi connectivity index (χ2v) is 6.82. The maximum Gasteiger partial charge on any atom is 0.261 e. The summed E-state index contributed by atoms with van der Waals surface area (Å²) in [7, 11) is 0. The average Bonchev–Trinajstić information content (AvgIpc) is 3.27. The zero-order valence-electron chi connectivity index (χ0n) is 13.5. The molecule has 4 rings (SSSR count). The van der Waals surface area contributed by atoms with Crippen molar-refractivity contribution in [1.29, 1.82) is 0 Å².